The van der Waals surface area contributed by atoms with Crippen molar-refractivity contribution in [1.29, 1.82) is 0 Å². The fraction of sp³-hybridized carbons (Fsp3) is 0.318. The molecule has 4 rings (SSSR count). The van der Waals surface area contributed by atoms with Gasteiger partial charge in [-0.25, -0.2) is 4.39 Å². The minimum absolute atomic E-state index is 0.00164. The number of rotatable bonds is 6. The molecule has 2 heterocycles. The summed E-state index contributed by atoms with van der Waals surface area (Å²) in [6.07, 6.45) is 0. The Morgan fingerprint density at radius 1 is 1.10 bits per heavy atom. The molecule has 0 spiro atoms. The molecule has 1 fully saturated rings. The molecule has 1 amide bonds. The van der Waals surface area contributed by atoms with Gasteiger partial charge in [-0.1, -0.05) is 24.3 Å². The first-order valence-electron chi connectivity index (χ1n) is 9.99. The molecule has 8 heteroatoms. The Hall–Kier alpha value is -3.10. The fourth-order valence-corrected chi connectivity index (χ4v) is 3.54. The SMILES string of the molecule is CC(c1nnc(-c2ccccc2)o1)N1CCN(CC(=O)Nc2cccc(F)c2)CC1. The summed E-state index contributed by atoms with van der Waals surface area (Å²) in [4.78, 5) is 16.6. The maximum atomic E-state index is 13.2. The van der Waals surface area contributed by atoms with Crippen LogP contribution in [0.4, 0.5) is 10.1 Å². The number of aromatic nitrogens is 2. The molecule has 156 valence electrons. The van der Waals surface area contributed by atoms with Gasteiger partial charge in [0, 0.05) is 37.4 Å². The minimum atomic E-state index is -0.369. The van der Waals surface area contributed by atoms with Gasteiger partial charge in [0.2, 0.25) is 17.7 Å². The van der Waals surface area contributed by atoms with E-state index in [0.717, 1.165) is 31.7 Å². The Kier molecular flexibility index (Phi) is 6.15. The normalized spacial score (nSPS) is 16.3. The summed E-state index contributed by atoms with van der Waals surface area (Å²) in [6, 6.07) is 15.6. The molecular formula is C22H24FN5O2. The number of carbonyl (C=O) groups excluding carboxylic acids is 1. The largest absolute Gasteiger partial charge is 0.419 e. The van der Waals surface area contributed by atoms with Crippen LogP contribution in [0.15, 0.2) is 59.0 Å². The molecule has 3 aromatic rings. The highest BCUT2D eigenvalue weighted by atomic mass is 19.1. The van der Waals surface area contributed by atoms with E-state index in [9.17, 15) is 9.18 Å². The summed E-state index contributed by atoms with van der Waals surface area (Å²) in [5.74, 6) is 0.592. The number of hydrogen-bond acceptors (Lipinski definition) is 6. The highest BCUT2D eigenvalue weighted by Gasteiger charge is 2.26. The van der Waals surface area contributed by atoms with Crippen molar-refractivity contribution in [2.45, 2.75) is 13.0 Å². The van der Waals surface area contributed by atoms with Gasteiger partial charge < -0.3 is 9.73 Å². The summed E-state index contributed by atoms with van der Waals surface area (Å²) in [5.41, 5.74) is 1.37. The predicted octanol–water partition coefficient (Wildman–Crippen LogP) is 3.19. The van der Waals surface area contributed by atoms with Crippen molar-refractivity contribution in [3.8, 4) is 11.5 Å². The zero-order valence-electron chi connectivity index (χ0n) is 16.8. The van der Waals surface area contributed by atoms with Gasteiger partial charge in [0.25, 0.3) is 0 Å². The Morgan fingerprint density at radius 2 is 1.87 bits per heavy atom. The maximum Gasteiger partial charge on any atom is 0.247 e. The standard InChI is InChI=1S/C22H24FN5O2/c1-16(21-25-26-22(30-21)17-6-3-2-4-7-17)28-12-10-27(11-13-28)15-20(29)24-19-9-5-8-18(23)14-19/h2-9,14,16H,10-13,15H2,1H3,(H,24,29). The van der Waals surface area contributed by atoms with Gasteiger partial charge in [-0.3, -0.25) is 14.6 Å². The molecule has 1 aliphatic heterocycles. The predicted molar refractivity (Wildman–Crippen MR) is 111 cm³/mol. The van der Waals surface area contributed by atoms with E-state index in [2.05, 4.69) is 32.2 Å². The zero-order chi connectivity index (χ0) is 20.9. The van der Waals surface area contributed by atoms with E-state index in [0.29, 0.717) is 17.5 Å². The van der Waals surface area contributed by atoms with Gasteiger partial charge in [-0.2, -0.15) is 0 Å². The lowest BCUT2D eigenvalue weighted by Crippen LogP contribution is -2.49. The number of anilines is 1. The quantitative estimate of drug-likeness (QED) is 0.674. The number of hydrogen-bond donors (Lipinski definition) is 1. The van der Waals surface area contributed by atoms with Crippen LogP contribution in [0, 0.1) is 5.82 Å². The number of halogens is 1. The van der Waals surface area contributed by atoms with Crippen LogP contribution in [-0.4, -0.2) is 58.6 Å². The summed E-state index contributed by atoms with van der Waals surface area (Å²) < 4.78 is 19.1. The third-order valence-corrected chi connectivity index (χ3v) is 5.25. The molecule has 1 aromatic heterocycles. The first-order valence-corrected chi connectivity index (χ1v) is 9.99. The highest BCUT2D eigenvalue weighted by Crippen LogP contribution is 2.24. The number of amides is 1. The van der Waals surface area contributed by atoms with Gasteiger partial charge in [0.1, 0.15) is 5.82 Å². The summed E-state index contributed by atoms with van der Waals surface area (Å²) in [6.45, 7) is 5.40. The van der Waals surface area contributed by atoms with Gasteiger partial charge in [-0.15, -0.1) is 10.2 Å². The summed E-state index contributed by atoms with van der Waals surface area (Å²) >= 11 is 0. The molecule has 2 aromatic carbocycles. The van der Waals surface area contributed by atoms with Crippen molar-refractivity contribution >= 4 is 11.6 Å². The van der Waals surface area contributed by atoms with E-state index < -0.39 is 0 Å². The minimum Gasteiger partial charge on any atom is -0.419 e. The summed E-state index contributed by atoms with van der Waals surface area (Å²) in [5, 5.41) is 11.1. The maximum absolute atomic E-state index is 13.2. The van der Waals surface area contributed by atoms with Crippen LogP contribution in [0.5, 0.6) is 0 Å². The van der Waals surface area contributed by atoms with Gasteiger partial charge in [-0.05, 0) is 37.3 Å². The van der Waals surface area contributed by atoms with Crippen molar-refractivity contribution in [1.82, 2.24) is 20.0 Å². The van der Waals surface area contributed by atoms with E-state index in [-0.39, 0.29) is 24.3 Å². The van der Waals surface area contributed by atoms with E-state index in [1.54, 1.807) is 12.1 Å². The molecule has 30 heavy (non-hydrogen) atoms. The molecule has 1 N–H and O–H groups in total. The number of benzene rings is 2. The monoisotopic (exact) mass is 409 g/mol. The topological polar surface area (TPSA) is 74.5 Å². The van der Waals surface area contributed by atoms with Crippen LogP contribution >= 0.6 is 0 Å². The average Bonchev–Trinajstić information content (AvgIpc) is 3.25. The third-order valence-electron chi connectivity index (χ3n) is 5.25. The second-order valence-corrected chi connectivity index (χ2v) is 7.36. The second-order valence-electron chi connectivity index (χ2n) is 7.36. The van der Waals surface area contributed by atoms with Gasteiger partial charge in [0.15, 0.2) is 0 Å². The third kappa shape index (κ3) is 4.90. The molecular weight excluding hydrogens is 385 g/mol. The van der Waals surface area contributed by atoms with Crippen LogP contribution in [0.3, 0.4) is 0 Å². The number of carbonyl (C=O) groups is 1. The molecule has 0 aliphatic carbocycles. The van der Waals surface area contributed by atoms with Crippen molar-refractivity contribution < 1.29 is 13.6 Å². The number of nitrogens with one attached hydrogen (secondary N) is 1. The molecule has 1 atom stereocenters. The molecule has 7 nitrogen and oxygen atoms in total. The van der Waals surface area contributed by atoms with Crippen LogP contribution in [0.1, 0.15) is 18.9 Å². The van der Waals surface area contributed by atoms with E-state index in [1.807, 2.05) is 30.3 Å². The van der Waals surface area contributed by atoms with E-state index >= 15 is 0 Å². The Bertz CT molecular complexity index is 986. The lowest BCUT2D eigenvalue weighted by molar-refractivity contribution is -0.117. The van der Waals surface area contributed by atoms with Crippen LogP contribution in [0.2, 0.25) is 0 Å². The van der Waals surface area contributed by atoms with Crippen LogP contribution in [0.25, 0.3) is 11.5 Å². The molecule has 0 saturated carbocycles. The smallest absolute Gasteiger partial charge is 0.247 e. The lowest BCUT2D eigenvalue weighted by atomic mass is 10.2. The van der Waals surface area contributed by atoms with E-state index in [4.69, 9.17) is 4.42 Å². The van der Waals surface area contributed by atoms with Crippen molar-refractivity contribution in [2.24, 2.45) is 0 Å². The molecule has 1 unspecified atom stereocenters. The first-order chi connectivity index (χ1) is 14.6. The molecule has 0 radical (unpaired) electrons. The fourth-order valence-electron chi connectivity index (χ4n) is 3.54. The molecule has 1 saturated heterocycles. The lowest BCUT2D eigenvalue weighted by Gasteiger charge is -2.36. The van der Waals surface area contributed by atoms with Gasteiger partial charge >= 0.3 is 0 Å². The molecule has 0 bridgehead atoms. The number of piperazine rings is 1. The molecule has 1 aliphatic rings. The average molecular weight is 409 g/mol. The van der Waals surface area contributed by atoms with Crippen LogP contribution in [-0.2, 0) is 4.79 Å². The summed E-state index contributed by atoms with van der Waals surface area (Å²) in [7, 11) is 0. The Labute approximate surface area is 174 Å². The number of nitrogens with zero attached hydrogens (tertiary/aromatic N) is 4. The van der Waals surface area contributed by atoms with Crippen LogP contribution < -0.4 is 5.32 Å². The van der Waals surface area contributed by atoms with E-state index in [1.165, 1.54) is 12.1 Å². The van der Waals surface area contributed by atoms with Crippen molar-refractivity contribution in [2.75, 3.05) is 38.0 Å². The van der Waals surface area contributed by atoms with Gasteiger partial charge in [0.05, 0.1) is 12.6 Å². The first kappa shape index (κ1) is 20.2. The Morgan fingerprint density at radius 3 is 2.60 bits per heavy atom. The zero-order valence-corrected chi connectivity index (χ0v) is 16.8. The highest BCUT2D eigenvalue weighted by molar-refractivity contribution is 5.92. The Balaban J connectivity index is 1.28. The van der Waals surface area contributed by atoms with Crippen molar-refractivity contribution in [3.05, 3.63) is 66.3 Å². The van der Waals surface area contributed by atoms with Crippen molar-refractivity contribution in [3.63, 3.8) is 0 Å². The second kappa shape index (κ2) is 9.15.